The molecule has 1 saturated heterocycles. The van der Waals surface area contributed by atoms with Crippen molar-refractivity contribution in [1.29, 1.82) is 0 Å². The summed E-state index contributed by atoms with van der Waals surface area (Å²) in [4.78, 5) is 14.0. The van der Waals surface area contributed by atoms with E-state index in [4.69, 9.17) is 9.72 Å². The maximum absolute atomic E-state index is 5.52. The van der Waals surface area contributed by atoms with Crippen LogP contribution in [0.15, 0.2) is 67.5 Å². The summed E-state index contributed by atoms with van der Waals surface area (Å²) in [5, 5.41) is 5.76. The van der Waals surface area contributed by atoms with Crippen LogP contribution in [0.2, 0.25) is 0 Å². The molecule has 2 fully saturated rings. The van der Waals surface area contributed by atoms with Crippen molar-refractivity contribution >= 4 is 16.7 Å². The van der Waals surface area contributed by atoms with E-state index in [1.54, 1.807) is 0 Å². The molecule has 0 N–H and O–H groups in total. The van der Waals surface area contributed by atoms with Crippen molar-refractivity contribution in [3.8, 4) is 11.1 Å². The molecule has 7 rings (SSSR count). The van der Waals surface area contributed by atoms with Crippen LogP contribution in [0.4, 0.5) is 0 Å². The molecule has 1 aliphatic heterocycles. The third kappa shape index (κ3) is 2.64. The van der Waals surface area contributed by atoms with E-state index in [1.807, 2.05) is 35.5 Å². The third-order valence-electron chi connectivity index (χ3n) is 6.97. The molecular weight excluding hydrogens is 400 g/mol. The Morgan fingerprint density at radius 2 is 1.81 bits per heavy atom. The van der Waals surface area contributed by atoms with Gasteiger partial charge in [-0.2, -0.15) is 5.10 Å². The zero-order chi connectivity index (χ0) is 21.1. The van der Waals surface area contributed by atoms with Crippen LogP contribution < -0.4 is 0 Å². The molecule has 7 heteroatoms. The largest absolute Gasteiger partial charge is 0.379 e. The number of ether oxygens (including phenoxy) is 1. The summed E-state index contributed by atoms with van der Waals surface area (Å²) >= 11 is 0. The lowest BCUT2D eigenvalue weighted by atomic mass is 9.90. The molecule has 7 nitrogen and oxygen atoms in total. The van der Waals surface area contributed by atoms with Gasteiger partial charge in [-0.15, -0.1) is 0 Å². The maximum atomic E-state index is 5.52. The van der Waals surface area contributed by atoms with Crippen molar-refractivity contribution in [2.45, 2.75) is 30.7 Å². The minimum atomic E-state index is -0.0705. The smallest absolute Gasteiger partial charge is 0.233 e. The van der Waals surface area contributed by atoms with E-state index in [1.165, 1.54) is 16.6 Å². The van der Waals surface area contributed by atoms with Gasteiger partial charge in [0.05, 0.1) is 36.3 Å². The number of hydrogen-bond acceptors (Lipinski definition) is 5. The molecule has 158 valence electrons. The normalized spacial score (nSPS) is 19.7. The van der Waals surface area contributed by atoms with E-state index in [2.05, 4.69) is 56.1 Å². The molecule has 0 radical (unpaired) electrons. The highest BCUT2D eigenvalue weighted by molar-refractivity contribution is 5.84. The molecule has 0 bridgehead atoms. The van der Waals surface area contributed by atoms with E-state index in [0.717, 1.165) is 54.9 Å². The summed E-state index contributed by atoms with van der Waals surface area (Å²) in [6, 6.07) is 10.9. The molecule has 1 unspecified atom stereocenters. The van der Waals surface area contributed by atoms with Crippen LogP contribution in [-0.2, 0) is 10.2 Å². The van der Waals surface area contributed by atoms with Gasteiger partial charge < -0.3 is 4.74 Å². The van der Waals surface area contributed by atoms with E-state index < -0.39 is 0 Å². The minimum Gasteiger partial charge on any atom is -0.379 e. The van der Waals surface area contributed by atoms with Crippen molar-refractivity contribution in [3.05, 3.63) is 78.8 Å². The summed E-state index contributed by atoms with van der Waals surface area (Å²) in [7, 11) is 0. The average molecular weight is 422 g/mol. The van der Waals surface area contributed by atoms with Crippen molar-refractivity contribution in [3.63, 3.8) is 0 Å². The van der Waals surface area contributed by atoms with Gasteiger partial charge in [0.2, 0.25) is 5.78 Å². The highest BCUT2D eigenvalue weighted by Gasteiger charge is 2.49. The van der Waals surface area contributed by atoms with Crippen LogP contribution in [0.1, 0.15) is 36.6 Å². The topological polar surface area (TPSA) is 70.1 Å². The number of aromatic nitrogens is 6. The Hall–Kier alpha value is -3.58. The number of pyridine rings is 1. The predicted molar refractivity (Wildman–Crippen MR) is 120 cm³/mol. The summed E-state index contributed by atoms with van der Waals surface area (Å²) in [6.07, 6.45) is 15.1. The lowest BCUT2D eigenvalue weighted by molar-refractivity contribution is 0.184. The van der Waals surface area contributed by atoms with Gasteiger partial charge in [0.25, 0.3) is 0 Å². The Morgan fingerprint density at radius 3 is 2.69 bits per heavy atom. The van der Waals surface area contributed by atoms with E-state index in [-0.39, 0.29) is 5.41 Å². The van der Waals surface area contributed by atoms with Crippen LogP contribution in [0, 0.1) is 0 Å². The van der Waals surface area contributed by atoms with Crippen LogP contribution in [-0.4, -0.2) is 42.3 Å². The lowest BCUT2D eigenvalue weighted by Gasteiger charge is -2.17. The Bertz CT molecular complexity index is 1450. The first-order valence-corrected chi connectivity index (χ1v) is 11.1. The number of rotatable bonds is 4. The van der Waals surface area contributed by atoms with Gasteiger partial charge in [0.1, 0.15) is 0 Å². The molecule has 4 aromatic heterocycles. The summed E-state index contributed by atoms with van der Waals surface area (Å²) in [6.45, 7) is 1.53. The summed E-state index contributed by atoms with van der Waals surface area (Å²) in [5.41, 5.74) is 5.55. The standard InChI is InChI=1S/C25H22N6O/c1-3-17-4-2-9-26-23(17)21(5-1)25(7-8-25)22-13-28-24-27-11-18(14-30(22)24)19-12-29-31(15-19)20-6-10-32-16-20/h1-5,9,11-15,20H,6-8,10,16H2. The summed E-state index contributed by atoms with van der Waals surface area (Å²) < 4.78 is 9.69. The van der Waals surface area contributed by atoms with Crippen molar-refractivity contribution in [2.75, 3.05) is 13.2 Å². The van der Waals surface area contributed by atoms with Crippen molar-refractivity contribution in [2.24, 2.45) is 0 Å². The van der Waals surface area contributed by atoms with Gasteiger partial charge in [-0.1, -0.05) is 24.3 Å². The molecule has 0 spiro atoms. The number of para-hydroxylation sites is 1. The Morgan fingerprint density at radius 1 is 0.938 bits per heavy atom. The third-order valence-corrected chi connectivity index (χ3v) is 6.97. The highest BCUT2D eigenvalue weighted by atomic mass is 16.5. The molecule has 0 amide bonds. The fourth-order valence-corrected chi connectivity index (χ4v) is 5.07. The highest BCUT2D eigenvalue weighted by Crippen LogP contribution is 2.54. The van der Waals surface area contributed by atoms with Crippen molar-refractivity contribution in [1.82, 2.24) is 29.1 Å². The lowest BCUT2D eigenvalue weighted by Crippen LogP contribution is -2.13. The first-order valence-electron chi connectivity index (χ1n) is 11.1. The van der Waals surface area contributed by atoms with Gasteiger partial charge in [-0.05, 0) is 30.9 Å². The Kier molecular flexibility index (Phi) is 3.78. The minimum absolute atomic E-state index is 0.0705. The van der Waals surface area contributed by atoms with E-state index in [0.29, 0.717) is 6.04 Å². The molecule has 32 heavy (non-hydrogen) atoms. The SMILES string of the molecule is c1cnc2c(C3(c4cnc5ncc(-c6cnn(C7CCOC7)c6)cn45)CC3)cccc2c1. The predicted octanol–water partition coefficient (Wildman–Crippen LogP) is 4.18. The second-order valence-corrected chi connectivity index (χ2v) is 8.85. The average Bonchev–Trinajstić information content (AvgIpc) is 3.25. The van der Waals surface area contributed by atoms with E-state index >= 15 is 0 Å². The van der Waals surface area contributed by atoms with Crippen LogP contribution in [0.5, 0.6) is 0 Å². The molecule has 1 atom stereocenters. The second kappa shape index (κ2) is 6.71. The Labute approximate surface area is 184 Å². The van der Waals surface area contributed by atoms with Gasteiger partial charge in [0.15, 0.2) is 0 Å². The first kappa shape index (κ1) is 18.0. The monoisotopic (exact) mass is 422 g/mol. The van der Waals surface area contributed by atoms with Crippen LogP contribution in [0.3, 0.4) is 0 Å². The molecular formula is C25H22N6O. The van der Waals surface area contributed by atoms with Crippen LogP contribution >= 0.6 is 0 Å². The van der Waals surface area contributed by atoms with E-state index in [9.17, 15) is 0 Å². The fraction of sp³-hybridized carbons (Fsp3) is 0.280. The van der Waals surface area contributed by atoms with Gasteiger partial charge in [-0.25, -0.2) is 9.97 Å². The quantitative estimate of drug-likeness (QED) is 0.435. The number of imidazole rings is 1. The molecule has 1 aromatic carbocycles. The number of nitrogens with zero attached hydrogens (tertiary/aromatic N) is 6. The molecule has 5 aromatic rings. The molecule has 5 heterocycles. The first-order chi connectivity index (χ1) is 15.8. The Balaban J connectivity index is 1.33. The molecule has 2 aliphatic rings. The van der Waals surface area contributed by atoms with Crippen LogP contribution in [0.25, 0.3) is 27.8 Å². The number of hydrogen-bond donors (Lipinski definition) is 0. The van der Waals surface area contributed by atoms with Crippen molar-refractivity contribution < 1.29 is 4.74 Å². The summed E-state index contributed by atoms with van der Waals surface area (Å²) in [5.74, 6) is 0.722. The zero-order valence-electron chi connectivity index (χ0n) is 17.6. The van der Waals surface area contributed by atoms with Gasteiger partial charge in [0, 0.05) is 53.3 Å². The molecule has 1 aliphatic carbocycles. The maximum Gasteiger partial charge on any atom is 0.233 e. The molecule has 1 saturated carbocycles. The number of benzene rings is 1. The fourth-order valence-electron chi connectivity index (χ4n) is 5.07. The van der Waals surface area contributed by atoms with Gasteiger partial charge in [-0.3, -0.25) is 14.1 Å². The zero-order valence-corrected chi connectivity index (χ0v) is 17.6. The second-order valence-electron chi connectivity index (χ2n) is 8.85. The van der Waals surface area contributed by atoms with Gasteiger partial charge >= 0.3 is 0 Å². The number of fused-ring (bicyclic) bond motifs is 2.